The maximum atomic E-state index is 11.5. The highest BCUT2D eigenvalue weighted by molar-refractivity contribution is 5.72. The van der Waals surface area contributed by atoms with Crippen LogP contribution < -0.4 is 5.32 Å². The maximum absolute atomic E-state index is 11.5. The van der Waals surface area contributed by atoms with Gasteiger partial charge in [0.1, 0.15) is 5.60 Å². The molecule has 0 saturated heterocycles. The molecule has 0 aliphatic carbocycles. The number of ether oxygens (including phenoxy) is 7. The van der Waals surface area contributed by atoms with Gasteiger partial charge in [-0.2, -0.15) is 0 Å². The summed E-state index contributed by atoms with van der Waals surface area (Å²) in [5, 5.41) is 2.65. The van der Waals surface area contributed by atoms with Gasteiger partial charge >= 0.3 is 5.97 Å². The Labute approximate surface area is 192 Å². The van der Waals surface area contributed by atoms with E-state index in [1.807, 2.05) is 20.8 Å². The minimum Gasteiger partial charge on any atom is -0.460 e. The van der Waals surface area contributed by atoms with Crippen molar-refractivity contribution in [1.82, 2.24) is 5.32 Å². The monoisotopic (exact) mass is 465 g/mol. The van der Waals surface area contributed by atoms with Gasteiger partial charge in [-0.05, 0) is 27.2 Å². The molecule has 32 heavy (non-hydrogen) atoms. The first-order chi connectivity index (χ1) is 15.3. The van der Waals surface area contributed by atoms with E-state index in [1.165, 1.54) is 6.92 Å². The van der Waals surface area contributed by atoms with E-state index in [-0.39, 0.29) is 11.9 Å². The zero-order chi connectivity index (χ0) is 23.9. The lowest BCUT2D eigenvalue weighted by Gasteiger charge is -2.19. The fourth-order valence-corrected chi connectivity index (χ4v) is 2.21. The molecule has 190 valence electrons. The number of carbonyl (C=O) groups excluding carboxylic acids is 2. The number of rotatable bonds is 22. The number of nitrogens with one attached hydrogen (secondary N) is 1. The SMILES string of the molecule is CC(=O)NCCOCCOCCOCCOCCOCCOCCCC(=O)OC(C)(C)C. The van der Waals surface area contributed by atoms with Gasteiger partial charge in [-0.25, -0.2) is 0 Å². The van der Waals surface area contributed by atoms with Crippen molar-refractivity contribution in [2.75, 3.05) is 85.8 Å². The fraction of sp³-hybridized carbons (Fsp3) is 0.909. The Morgan fingerprint density at radius 2 is 1.00 bits per heavy atom. The van der Waals surface area contributed by atoms with E-state index in [0.717, 1.165) is 0 Å². The molecule has 0 aliphatic rings. The first kappa shape index (κ1) is 30.7. The standard InChI is InChI=1S/C22H43NO9/c1-20(24)23-7-9-27-11-13-29-15-17-31-19-18-30-16-14-28-12-10-26-8-5-6-21(25)32-22(2,3)4/h5-19H2,1-4H3,(H,23,24). The average Bonchev–Trinajstić information content (AvgIpc) is 2.70. The van der Waals surface area contributed by atoms with Gasteiger partial charge in [0, 0.05) is 26.5 Å². The summed E-state index contributed by atoms with van der Waals surface area (Å²) in [7, 11) is 0. The van der Waals surface area contributed by atoms with Crippen molar-refractivity contribution < 1.29 is 42.7 Å². The summed E-state index contributed by atoms with van der Waals surface area (Å²) in [6.45, 7) is 13.4. The van der Waals surface area contributed by atoms with Crippen molar-refractivity contribution in [3.63, 3.8) is 0 Å². The summed E-state index contributed by atoms with van der Waals surface area (Å²) in [6.07, 6.45) is 0.993. The lowest BCUT2D eigenvalue weighted by atomic mass is 10.2. The molecule has 0 fully saturated rings. The smallest absolute Gasteiger partial charge is 0.306 e. The van der Waals surface area contributed by atoms with Crippen molar-refractivity contribution in [1.29, 1.82) is 0 Å². The van der Waals surface area contributed by atoms with Gasteiger partial charge in [0.2, 0.25) is 5.91 Å². The van der Waals surface area contributed by atoms with Crippen LogP contribution in [0.2, 0.25) is 0 Å². The Kier molecular flexibility index (Phi) is 20.7. The van der Waals surface area contributed by atoms with E-state index < -0.39 is 5.60 Å². The first-order valence-corrected chi connectivity index (χ1v) is 11.2. The second kappa shape index (κ2) is 21.5. The molecule has 0 aliphatic heterocycles. The van der Waals surface area contributed by atoms with Gasteiger partial charge in [0.05, 0.1) is 72.7 Å². The molecule has 0 bridgehead atoms. The van der Waals surface area contributed by atoms with Crippen molar-refractivity contribution in [2.24, 2.45) is 0 Å². The van der Waals surface area contributed by atoms with Gasteiger partial charge in [0.25, 0.3) is 0 Å². The number of hydrogen-bond donors (Lipinski definition) is 1. The molecule has 1 N–H and O–H groups in total. The summed E-state index contributed by atoms with van der Waals surface area (Å²) in [4.78, 5) is 22.2. The number of carbonyl (C=O) groups is 2. The zero-order valence-corrected chi connectivity index (χ0v) is 20.3. The summed E-state index contributed by atoms with van der Waals surface area (Å²) in [6, 6.07) is 0. The third-order valence-electron chi connectivity index (χ3n) is 3.57. The van der Waals surface area contributed by atoms with E-state index >= 15 is 0 Å². The van der Waals surface area contributed by atoms with Crippen LogP contribution in [-0.2, 0) is 42.7 Å². The lowest BCUT2D eigenvalue weighted by molar-refractivity contribution is -0.155. The minimum absolute atomic E-state index is 0.0617. The fourth-order valence-electron chi connectivity index (χ4n) is 2.21. The molecule has 10 nitrogen and oxygen atoms in total. The Bertz CT molecular complexity index is 455. The van der Waals surface area contributed by atoms with E-state index in [9.17, 15) is 9.59 Å². The number of amides is 1. The molecule has 0 heterocycles. The maximum Gasteiger partial charge on any atom is 0.306 e. The van der Waals surface area contributed by atoms with Crippen molar-refractivity contribution >= 4 is 11.9 Å². The lowest BCUT2D eigenvalue weighted by Crippen LogP contribution is -2.25. The highest BCUT2D eigenvalue weighted by Gasteiger charge is 2.15. The van der Waals surface area contributed by atoms with Crippen LogP contribution in [0, 0.1) is 0 Å². The van der Waals surface area contributed by atoms with Crippen molar-refractivity contribution in [3.8, 4) is 0 Å². The van der Waals surface area contributed by atoms with Crippen LogP contribution in [0.5, 0.6) is 0 Å². The molecule has 0 aromatic heterocycles. The molecule has 0 rings (SSSR count). The molecule has 0 atom stereocenters. The van der Waals surface area contributed by atoms with Gasteiger partial charge in [-0.1, -0.05) is 0 Å². The van der Waals surface area contributed by atoms with Gasteiger partial charge in [0.15, 0.2) is 0 Å². The zero-order valence-electron chi connectivity index (χ0n) is 20.3. The predicted molar refractivity (Wildman–Crippen MR) is 119 cm³/mol. The molecule has 0 saturated carbocycles. The minimum atomic E-state index is -0.443. The Morgan fingerprint density at radius 1 is 0.625 bits per heavy atom. The van der Waals surface area contributed by atoms with E-state index in [0.29, 0.717) is 98.7 Å². The van der Waals surface area contributed by atoms with Crippen molar-refractivity contribution in [2.45, 2.75) is 46.1 Å². The number of esters is 1. The molecule has 0 radical (unpaired) electrons. The van der Waals surface area contributed by atoms with Crippen LogP contribution in [0.15, 0.2) is 0 Å². The van der Waals surface area contributed by atoms with Crippen molar-refractivity contribution in [3.05, 3.63) is 0 Å². The second-order valence-electron chi connectivity index (χ2n) is 7.85. The highest BCUT2D eigenvalue weighted by atomic mass is 16.6. The van der Waals surface area contributed by atoms with Gasteiger partial charge in [-0.3, -0.25) is 9.59 Å². The van der Waals surface area contributed by atoms with Crippen LogP contribution >= 0.6 is 0 Å². The van der Waals surface area contributed by atoms with Crippen LogP contribution in [-0.4, -0.2) is 103 Å². The Hall–Kier alpha value is -1.30. The summed E-state index contributed by atoms with van der Waals surface area (Å²) >= 11 is 0. The third kappa shape index (κ3) is 26.7. The molecule has 0 spiro atoms. The summed E-state index contributed by atoms with van der Waals surface area (Å²) < 4.78 is 37.5. The normalized spacial score (nSPS) is 11.5. The van der Waals surface area contributed by atoms with E-state index in [1.54, 1.807) is 0 Å². The molecule has 0 aromatic carbocycles. The Balaban J connectivity index is 3.12. The topological polar surface area (TPSA) is 111 Å². The Morgan fingerprint density at radius 3 is 1.38 bits per heavy atom. The van der Waals surface area contributed by atoms with Crippen LogP contribution in [0.1, 0.15) is 40.5 Å². The van der Waals surface area contributed by atoms with Crippen LogP contribution in [0.4, 0.5) is 0 Å². The first-order valence-electron chi connectivity index (χ1n) is 11.2. The van der Waals surface area contributed by atoms with Gasteiger partial charge < -0.3 is 38.5 Å². The predicted octanol–water partition coefficient (Wildman–Crippen LogP) is 1.34. The van der Waals surface area contributed by atoms with E-state index in [4.69, 9.17) is 33.2 Å². The van der Waals surface area contributed by atoms with Crippen LogP contribution in [0.3, 0.4) is 0 Å². The van der Waals surface area contributed by atoms with E-state index in [2.05, 4.69) is 5.32 Å². The molecular formula is C22H43NO9. The molecule has 0 aromatic rings. The molecule has 0 unspecified atom stereocenters. The number of hydrogen-bond acceptors (Lipinski definition) is 9. The average molecular weight is 466 g/mol. The largest absolute Gasteiger partial charge is 0.460 e. The quantitative estimate of drug-likeness (QED) is 0.187. The highest BCUT2D eigenvalue weighted by Crippen LogP contribution is 2.09. The molecular weight excluding hydrogens is 422 g/mol. The second-order valence-corrected chi connectivity index (χ2v) is 7.85. The summed E-state index contributed by atoms with van der Waals surface area (Å²) in [5.41, 5.74) is -0.443. The summed E-state index contributed by atoms with van der Waals surface area (Å²) in [5.74, 6) is -0.263. The third-order valence-corrected chi connectivity index (χ3v) is 3.57. The molecule has 1 amide bonds. The molecule has 10 heteroatoms. The van der Waals surface area contributed by atoms with Crippen LogP contribution in [0.25, 0.3) is 0 Å². The van der Waals surface area contributed by atoms with Gasteiger partial charge in [-0.15, -0.1) is 0 Å².